The lowest BCUT2D eigenvalue weighted by atomic mass is 10.1. The van der Waals surface area contributed by atoms with Crippen LogP contribution in [0.4, 0.5) is 17.6 Å². The molecule has 1 aromatic rings. The molecule has 6 heteroatoms. The van der Waals surface area contributed by atoms with Gasteiger partial charge in [0.15, 0.2) is 0 Å². The van der Waals surface area contributed by atoms with Crippen LogP contribution >= 0.6 is 0 Å². The van der Waals surface area contributed by atoms with Gasteiger partial charge in [-0.2, -0.15) is 9.97 Å². The van der Waals surface area contributed by atoms with Gasteiger partial charge in [0.1, 0.15) is 11.6 Å². The molecule has 15 heavy (non-hydrogen) atoms. The molecular weight excluding hydrogens is 194 g/mol. The van der Waals surface area contributed by atoms with Gasteiger partial charge in [-0.15, -0.1) is 0 Å². The third-order valence-electron chi connectivity index (χ3n) is 2.28. The molecule has 0 aliphatic carbocycles. The third kappa shape index (κ3) is 2.69. The lowest BCUT2D eigenvalue weighted by Gasteiger charge is -2.23. The van der Waals surface area contributed by atoms with Crippen molar-refractivity contribution in [1.29, 1.82) is 0 Å². The van der Waals surface area contributed by atoms with Crippen molar-refractivity contribution in [2.45, 2.75) is 18.9 Å². The first-order valence-corrected chi connectivity index (χ1v) is 4.98. The fraction of sp³-hybridized carbons (Fsp3) is 0.556. The third-order valence-corrected chi connectivity index (χ3v) is 2.28. The maximum Gasteiger partial charge on any atom is 0.223 e. The van der Waals surface area contributed by atoms with Gasteiger partial charge in [-0.25, -0.2) is 0 Å². The Kier molecular flexibility index (Phi) is 2.86. The van der Waals surface area contributed by atoms with Gasteiger partial charge >= 0.3 is 0 Å². The minimum Gasteiger partial charge on any atom is -0.383 e. The van der Waals surface area contributed by atoms with Crippen LogP contribution in [0.15, 0.2) is 6.07 Å². The number of nitrogens with two attached hydrogens (primary N) is 2. The molecule has 82 valence electrons. The highest BCUT2D eigenvalue weighted by Gasteiger charge is 2.14. The number of hydrogen-bond donors (Lipinski definition) is 3. The van der Waals surface area contributed by atoms with Gasteiger partial charge in [-0.1, -0.05) is 0 Å². The van der Waals surface area contributed by atoms with E-state index in [1.807, 2.05) is 0 Å². The summed E-state index contributed by atoms with van der Waals surface area (Å²) in [6, 6.07) is 1.96. The summed E-state index contributed by atoms with van der Waals surface area (Å²) >= 11 is 0. The highest BCUT2D eigenvalue weighted by atomic mass is 16.5. The zero-order valence-corrected chi connectivity index (χ0v) is 8.44. The number of anilines is 3. The Morgan fingerprint density at radius 3 is 2.93 bits per heavy atom. The second-order valence-corrected chi connectivity index (χ2v) is 3.59. The summed E-state index contributed by atoms with van der Waals surface area (Å²) in [5.74, 6) is 1.23. The van der Waals surface area contributed by atoms with Crippen LogP contribution in [0.1, 0.15) is 12.8 Å². The number of rotatable bonds is 2. The van der Waals surface area contributed by atoms with Crippen LogP contribution in [0.5, 0.6) is 0 Å². The molecule has 1 aliphatic heterocycles. The molecule has 0 spiro atoms. The molecule has 1 fully saturated rings. The molecule has 1 aromatic heterocycles. The van der Waals surface area contributed by atoms with Crippen LogP contribution in [0, 0.1) is 0 Å². The molecule has 1 saturated heterocycles. The summed E-state index contributed by atoms with van der Waals surface area (Å²) in [6.45, 7) is 1.54. The average molecular weight is 209 g/mol. The topological polar surface area (TPSA) is 99.1 Å². The van der Waals surface area contributed by atoms with Crippen molar-refractivity contribution < 1.29 is 4.74 Å². The Bertz CT molecular complexity index is 317. The molecule has 0 aromatic carbocycles. The molecule has 0 radical (unpaired) electrons. The molecule has 5 N–H and O–H groups in total. The molecular formula is C9H15N5O. The molecule has 2 rings (SSSR count). The van der Waals surface area contributed by atoms with Gasteiger partial charge in [0.25, 0.3) is 0 Å². The van der Waals surface area contributed by atoms with Crippen LogP contribution in [-0.4, -0.2) is 29.2 Å². The van der Waals surface area contributed by atoms with Crippen molar-refractivity contribution in [2.75, 3.05) is 30.0 Å². The highest BCUT2D eigenvalue weighted by molar-refractivity contribution is 5.48. The van der Waals surface area contributed by atoms with E-state index in [-0.39, 0.29) is 12.0 Å². The lowest BCUT2D eigenvalue weighted by Crippen LogP contribution is -2.30. The number of aromatic nitrogens is 2. The Morgan fingerprint density at radius 1 is 1.40 bits per heavy atom. The van der Waals surface area contributed by atoms with Crippen LogP contribution in [0.2, 0.25) is 0 Å². The van der Waals surface area contributed by atoms with E-state index in [0.29, 0.717) is 18.2 Å². The minimum absolute atomic E-state index is 0.189. The zero-order valence-electron chi connectivity index (χ0n) is 8.44. The number of nitrogen functional groups attached to an aromatic ring is 2. The van der Waals surface area contributed by atoms with E-state index < -0.39 is 0 Å². The highest BCUT2D eigenvalue weighted by Crippen LogP contribution is 2.14. The number of hydrogen-bond acceptors (Lipinski definition) is 6. The summed E-state index contributed by atoms with van der Waals surface area (Å²) < 4.78 is 5.35. The summed E-state index contributed by atoms with van der Waals surface area (Å²) in [7, 11) is 0. The van der Waals surface area contributed by atoms with E-state index in [1.165, 1.54) is 0 Å². The molecule has 1 atom stereocenters. The second kappa shape index (κ2) is 4.31. The number of nitrogens with zero attached hydrogens (tertiary/aromatic N) is 2. The van der Waals surface area contributed by atoms with Gasteiger partial charge < -0.3 is 21.5 Å². The van der Waals surface area contributed by atoms with E-state index in [1.54, 1.807) is 6.07 Å². The zero-order chi connectivity index (χ0) is 10.7. The Balaban J connectivity index is 2.02. The summed E-state index contributed by atoms with van der Waals surface area (Å²) in [5.41, 5.74) is 11.1. The molecule has 2 heterocycles. The molecule has 6 nitrogen and oxygen atoms in total. The van der Waals surface area contributed by atoms with Gasteiger partial charge in [0, 0.05) is 12.7 Å². The van der Waals surface area contributed by atoms with E-state index in [9.17, 15) is 0 Å². The molecule has 0 bridgehead atoms. The van der Waals surface area contributed by atoms with Crippen molar-refractivity contribution in [1.82, 2.24) is 9.97 Å². The predicted molar refractivity (Wildman–Crippen MR) is 58.3 cm³/mol. The van der Waals surface area contributed by atoms with E-state index in [0.717, 1.165) is 19.4 Å². The molecule has 0 amide bonds. The normalized spacial score (nSPS) is 21.2. The second-order valence-electron chi connectivity index (χ2n) is 3.59. The number of nitrogens with one attached hydrogen (secondary N) is 1. The predicted octanol–water partition coefficient (Wildman–Crippen LogP) is 0.232. The van der Waals surface area contributed by atoms with Crippen LogP contribution in [0.25, 0.3) is 0 Å². The fourth-order valence-corrected chi connectivity index (χ4v) is 1.62. The van der Waals surface area contributed by atoms with E-state index >= 15 is 0 Å². The Hall–Kier alpha value is -1.56. The van der Waals surface area contributed by atoms with E-state index in [4.69, 9.17) is 16.2 Å². The summed E-state index contributed by atoms with van der Waals surface area (Å²) in [6.07, 6.45) is 2.14. The smallest absolute Gasteiger partial charge is 0.223 e. The Morgan fingerprint density at radius 2 is 2.27 bits per heavy atom. The minimum atomic E-state index is 0.189. The van der Waals surface area contributed by atoms with Crippen LogP contribution < -0.4 is 16.8 Å². The maximum absolute atomic E-state index is 5.56. The first-order valence-electron chi connectivity index (χ1n) is 4.98. The summed E-state index contributed by atoms with van der Waals surface area (Å²) in [4.78, 5) is 7.85. The van der Waals surface area contributed by atoms with Gasteiger partial charge in [-0.3, -0.25) is 0 Å². The standard InChI is InChI=1S/C9H15N5O/c10-7-4-8(14-9(11)13-7)12-6-2-1-3-15-5-6/h4,6H,1-3,5H2,(H5,10,11,12,13,14). The van der Waals surface area contributed by atoms with Crippen molar-refractivity contribution in [3.05, 3.63) is 6.07 Å². The van der Waals surface area contributed by atoms with Crippen molar-refractivity contribution in [3.8, 4) is 0 Å². The Labute approximate surface area is 88.0 Å². The van der Waals surface area contributed by atoms with Crippen molar-refractivity contribution in [3.63, 3.8) is 0 Å². The molecule has 0 saturated carbocycles. The van der Waals surface area contributed by atoms with Crippen molar-refractivity contribution in [2.24, 2.45) is 0 Å². The fourth-order valence-electron chi connectivity index (χ4n) is 1.62. The van der Waals surface area contributed by atoms with E-state index in [2.05, 4.69) is 15.3 Å². The van der Waals surface area contributed by atoms with Gasteiger partial charge in [0.2, 0.25) is 5.95 Å². The SMILES string of the molecule is Nc1cc(NC2CCCOC2)nc(N)n1. The number of ether oxygens (including phenoxy) is 1. The van der Waals surface area contributed by atoms with Crippen LogP contribution in [0.3, 0.4) is 0 Å². The summed E-state index contributed by atoms with van der Waals surface area (Å²) in [5, 5.41) is 3.23. The van der Waals surface area contributed by atoms with Gasteiger partial charge in [0.05, 0.1) is 12.6 Å². The van der Waals surface area contributed by atoms with Crippen LogP contribution in [-0.2, 0) is 4.74 Å². The largest absolute Gasteiger partial charge is 0.383 e. The quantitative estimate of drug-likeness (QED) is 0.645. The first-order chi connectivity index (χ1) is 7.24. The average Bonchev–Trinajstić information content (AvgIpc) is 2.17. The lowest BCUT2D eigenvalue weighted by molar-refractivity contribution is 0.0875. The van der Waals surface area contributed by atoms with Gasteiger partial charge in [-0.05, 0) is 12.8 Å². The maximum atomic E-state index is 5.56. The monoisotopic (exact) mass is 209 g/mol. The molecule has 1 aliphatic rings. The van der Waals surface area contributed by atoms with Crippen molar-refractivity contribution >= 4 is 17.6 Å². The first kappa shape index (κ1) is 9.97. The molecule has 1 unspecified atom stereocenters.